The second kappa shape index (κ2) is 7.10. The second-order valence-corrected chi connectivity index (χ2v) is 8.55. The van der Waals surface area contributed by atoms with E-state index in [2.05, 4.69) is 106 Å². The lowest BCUT2D eigenvalue weighted by Crippen LogP contribution is -1.98. The quantitative estimate of drug-likeness (QED) is 0.274. The predicted octanol–water partition coefficient (Wildman–Crippen LogP) is 7.75. The van der Waals surface area contributed by atoms with E-state index in [-0.39, 0.29) is 0 Å². The first-order valence-corrected chi connectivity index (χ1v) is 11.4. The summed E-state index contributed by atoms with van der Waals surface area (Å²) >= 11 is 0. The zero-order valence-corrected chi connectivity index (χ0v) is 18.3. The summed E-state index contributed by atoms with van der Waals surface area (Å²) in [5.41, 5.74) is 7.21. The maximum absolute atomic E-state index is 9.84. The maximum Gasteiger partial charge on any atom is 0.101 e. The van der Waals surface area contributed by atoms with Crippen molar-refractivity contribution in [2.75, 3.05) is 0 Å². The van der Waals surface area contributed by atoms with Gasteiger partial charge in [-0.05, 0) is 42.5 Å². The molecule has 0 aliphatic rings. The molecule has 0 saturated carbocycles. The Kier molecular flexibility index (Phi) is 3.91. The molecule has 3 heteroatoms. The first-order valence-electron chi connectivity index (χ1n) is 11.4. The Balaban J connectivity index is 1.62. The van der Waals surface area contributed by atoms with Crippen LogP contribution in [0.15, 0.2) is 115 Å². The number of nitriles is 1. The normalized spacial score (nSPS) is 11.5. The van der Waals surface area contributed by atoms with E-state index in [0.717, 1.165) is 22.4 Å². The molecule has 0 spiro atoms. The lowest BCUT2D eigenvalue weighted by atomic mass is 10.1. The minimum Gasteiger partial charge on any atom is -0.309 e. The number of hydrogen-bond acceptors (Lipinski definition) is 1. The minimum atomic E-state index is 0.660. The average Bonchev–Trinajstić information content (AvgIpc) is 3.41. The van der Waals surface area contributed by atoms with E-state index in [1.54, 1.807) is 0 Å². The molecule has 0 aliphatic carbocycles. The van der Waals surface area contributed by atoms with Gasteiger partial charge in [0.2, 0.25) is 0 Å². The monoisotopic (exact) mass is 433 g/mol. The third-order valence-corrected chi connectivity index (χ3v) is 6.76. The summed E-state index contributed by atoms with van der Waals surface area (Å²) in [6, 6.07) is 42.4. The van der Waals surface area contributed by atoms with Gasteiger partial charge in [0.25, 0.3) is 0 Å². The highest BCUT2D eigenvalue weighted by Gasteiger charge is 2.17. The van der Waals surface area contributed by atoms with Crippen LogP contribution in [0, 0.1) is 11.3 Å². The fraction of sp³-hybridized carbons (Fsp3) is 0. The van der Waals surface area contributed by atoms with Crippen molar-refractivity contribution in [2.45, 2.75) is 0 Å². The molecule has 3 nitrogen and oxygen atoms in total. The van der Waals surface area contributed by atoms with Crippen molar-refractivity contribution >= 4 is 43.6 Å². The average molecular weight is 434 g/mol. The number of benzene rings is 5. The Bertz CT molecular complexity index is 1870. The smallest absolute Gasteiger partial charge is 0.101 e. The van der Waals surface area contributed by atoms with E-state index >= 15 is 0 Å². The second-order valence-electron chi connectivity index (χ2n) is 8.55. The van der Waals surface area contributed by atoms with Crippen LogP contribution in [-0.4, -0.2) is 9.13 Å². The van der Waals surface area contributed by atoms with Crippen molar-refractivity contribution in [1.29, 1.82) is 5.26 Å². The standard InChI is InChI=1S/C31H19N3/c32-20-21-9-1-5-13-27(21)34-30-16-8-4-12-25(30)26-18-17-22(19-31(26)34)33-28-14-6-2-10-23(28)24-11-3-7-15-29(24)33/h1-19H. The van der Waals surface area contributed by atoms with Gasteiger partial charge in [0.15, 0.2) is 0 Å². The van der Waals surface area contributed by atoms with E-state index < -0.39 is 0 Å². The molecule has 34 heavy (non-hydrogen) atoms. The molecule has 7 rings (SSSR count). The SMILES string of the molecule is N#Cc1ccccc1-n1c2ccccc2c2ccc(-n3c4ccccc4c4ccccc43)cc21. The van der Waals surface area contributed by atoms with Crippen LogP contribution in [0.5, 0.6) is 0 Å². The number of hydrogen-bond donors (Lipinski definition) is 0. The Morgan fingerprint density at radius 1 is 0.471 bits per heavy atom. The molecule has 0 amide bonds. The van der Waals surface area contributed by atoms with Crippen molar-refractivity contribution < 1.29 is 0 Å². The Morgan fingerprint density at radius 2 is 0.971 bits per heavy atom. The molecule has 0 atom stereocenters. The van der Waals surface area contributed by atoms with E-state index in [1.165, 1.54) is 32.6 Å². The van der Waals surface area contributed by atoms with Crippen molar-refractivity contribution in [3.8, 4) is 17.4 Å². The van der Waals surface area contributed by atoms with Gasteiger partial charge >= 0.3 is 0 Å². The number of rotatable bonds is 2. The molecule has 0 N–H and O–H groups in total. The summed E-state index contributed by atoms with van der Waals surface area (Å²) in [5, 5.41) is 14.7. The van der Waals surface area contributed by atoms with Crippen LogP contribution >= 0.6 is 0 Å². The van der Waals surface area contributed by atoms with Crippen LogP contribution in [0.25, 0.3) is 55.0 Å². The van der Waals surface area contributed by atoms with Crippen LogP contribution in [-0.2, 0) is 0 Å². The van der Waals surface area contributed by atoms with Gasteiger partial charge in [-0.2, -0.15) is 5.26 Å². The highest BCUT2D eigenvalue weighted by molar-refractivity contribution is 6.12. The molecule has 0 aliphatic heterocycles. The lowest BCUT2D eigenvalue weighted by molar-refractivity contribution is 1.15. The molecule has 2 heterocycles. The topological polar surface area (TPSA) is 33.6 Å². The molecule has 0 fully saturated rings. The van der Waals surface area contributed by atoms with E-state index in [9.17, 15) is 5.26 Å². The van der Waals surface area contributed by atoms with Gasteiger partial charge in [0.05, 0.1) is 33.3 Å². The Labute approximate surface area is 196 Å². The molecule has 158 valence electrons. The molecule has 0 saturated heterocycles. The zero-order chi connectivity index (χ0) is 22.6. The van der Waals surface area contributed by atoms with Crippen LogP contribution in [0.3, 0.4) is 0 Å². The maximum atomic E-state index is 9.84. The number of para-hydroxylation sites is 4. The van der Waals surface area contributed by atoms with Crippen molar-refractivity contribution in [2.24, 2.45) is 0 Å². The molecule has 0 radical (unpaired) electrons. The highest BCUT2D eigenvalue weighted by atomic mass is 15.0. The van der Waals surface area contributed by atoms with Crippen LogP contribution in [0.1, 0.15) is 5.56 Å². The van der Waals surface area contributed by atoms with Gasteiger partial charge in [-0.15, -0.1) is 0 Å². The summed E-state index contributed by atoms with van der Waals surface area (Å²) in [6.45, 7) is 0. The van der Waals surface area contributed by atoms with E-state index in [4.69, 9.17) is 0 Å². The van der Waals surface area contributed by atoms with Gasteiger partial charge in [0, 0.05) is 27.2 Å². The third kappa shape index (κ3) is 2.51. The summed E-state index contributed by atoms with van der Waals surface area (Å²) in [5.74, 6) is 0. The lowest BCUT2D eigenvalue weighted by Gasteiger charge is -2.12. The molecule has 0 bridgehead atoms. The zero-order valence-electron chi connectivity index (χ0n) is 18.3. The van der Waals surface area contributed by atoms with Gasteiger partial charge in [-0.1, -0.05) is 72.8 Å². The van der Waals surface area contributed by atoms with Crippen molar-refractivity contribution in [3.05, 3.63) is 121 Å². The van der Waals surface area contributed by atoms with Crippen LogP contribution in [0.2, 0.25) is 0 Å². The van der Waals surface area contributed by atoms with Gasteiger partial charge in [-0.25, -0.2) is 0 Å². The summed E-state index contributed by atoms with van der Waals surface area (Å²) < 4.78 is 4.56. The van der Waals surface area contributed by atoms with Crippen molar-refractivity contribution in [3.63, 3.8) is 0 Å². The van der Waals surface area contributed by atoms with E-state index in [0.29, 0.717) is 5.56 Å². The summed E-state index contributed by atoms with van der Waals surface area (Å²) in [4.78, 5) is 0. The molecule has 0 unspecified atom stereocenters. The van der Waals surface area contributed by atoms with Crippen LogP contribution in [0.4, 0.5) is 0 Å². The van der Waals surface area contributed by atoms with E-state index in [1.807, 2.05) is 24.3 Å². The highest BCUT2D eigenvalue weighted by Crippen LogP contribution is 2.37. The first kappa shape index (κ1) is 18.7. The van der Waals surface area contributed by atoms with Crippen LogP contribution < -0.4 is 0 Å². The minimum absolute atomic E-state index is 0.660. The first-order chi connectivity index (χ1) is 16.8. The molecular formula is C31H19N3. The Hall–Kier alpha value is -4.81. The van der Waals surface area contributed by atoms with Crippen molar-refractivity contribution in [1.82, 2.24) is 9.13 Å². The fourth-order valence-corrected chi connectivity index (χ4v) is 5.32. The largest absolute Gasteiger partial charge is 0.309 e. The van der Waals surface area contributed by atoms with Gasteiger partial charge in [0.1, 0.15) is 6.07 Å². The number of aromatic nitrogens is 2. The molecule has 7 aromatic rings. The summed E-state index contributed by atoms with van der Waals surface area (Å²) in [7, 11) is 0. The summed E-state index contributed by atoms with van der Waals surface area (Å²) in [6.07, 6.45) is 0. The molecule has 2 aromatic heterocycles. The predicted molar refractivity (Wildman–Crippen MR) is 140 cm³/mol. The Morgan fingerprint density at radius 3 is 1.59 bits per heavy atom. The number of nitrogens with zero attached hydrogens (tertiary/aromatic N) is 3. The molecular weight excluding hydrogens is 414 g/mol. The third-order valence-electron chi connectivity index (χ3n) is 6.76. The van der Waals surface area contributed by atoms with Gasteiger partial charge in [-0.3, -0.25) is 0 Å². The van der Waals surface area contributed by atoms with Gasteiger partial charge < -0.3 is 9.13 Å². The fourth-order valence-electron chi connectivity index (χ4n) is 5.32. The number of fused-ring (bicyclic) bond motifs is 6. The molecule has 5 aromatic carbocycles.